The van der Waals surface area contributed by atoms with Crippen molar-refractivity contribution in [1.82, 2.24) is 0 Å². The summed E-state index contributed by atoms with van der Waals surface area (Å²) in [6, 6.07) is 12.4. The van der Waals surface area contributed by atoms with Gasteiger partial charge < -0.3 is 4.84 Å². The van der Waals surface area contributed by atoms with Crippen LogP contribution < -0.4 is 0 Å². The Labute approximate surface area is 114 Å². The molecule has 1 aliphatic rings. The molecule has 0 radical (unpaired) electrons. The van der Waals surface area contributed by atoms with Gasteiger partial charge in [0.15, 0.2) is 0 Å². The molecule has 0 bridgehead atoms. The Morgan fingerprint density at radius 2 is 1.95 bits per heavy atom. The summed E-state index contributed by atoms with van der Waals surface area (Å²) in [5.41, 5.74) is 2.19. The third-order valence-electron chi connectivity index (χ3n) is 3.78. The summed E-state index contributed by atoms with van der Waals surface area (Å²) in [6.45, 7) is 2.55. The number of oxime groups is 1. The zero-order chi connectivity index (χ0) is 13.5. The molecule has 0 N–H and O–H groups in total. The van der Waals surface area contributed by atoms with E-state index in [9.17, 15) is 0 Å². The van der Waals surface area contributed by atoms with Crippen molar-refractivity contribution in [1.29, 1.82) is 5.26 Å². The Hall–Kier alpha value is -1.82. The minimum absolute atomic E-state index is 0.245. The van der Waals surface area contributed by atoms with Crippen molar-refractivity contribution >= 4 is 5.71 Å². The van der Waals surface area contributed by atoms with Crippen molar-refractivity contribution in [2.24, 2.45) is 17.0 Å². The van der Waals surface area contributed by atoms with Crippen molar-refractivity contribution in [2.75, 3.05) is 0 Å². The van der Waals surface area contributed by atoms with Gasteiger partial charge in [-0.15, -0.1) is 0 Å². The van der Waals surface area contributed by atoms with Crippen LogP contribution in [0.4, 0.5) is 0 Å². The van der Waals surface area contributed by atoms with Gasteiger partial charge in [0.05, 0.1) is 11.8 Å². The molecular formula is C16H20N2O. The van der Waals surface area contributed by atoms with E-state index in [0.29, 0.717) is 12.5 Å². The molecule has 0 aromatic heterocycles. The summed E-state index contributed by atoms with van der Waals surface area (Å²) in [6.07, 6.45) is 4.10. The summed E-state index contributed by atoms with van der Waals surface area (Å²) in [4.78, 5) is 5.41. The van der Waals surface area contributed by atoms with Gasteiger partial charge in [0.25, 0.3) is 0 Å². The molecule has 0 heterocycles. The van der Waals surface area contributed by atoms with E-state index >= 15 is 0 Å². The van der Waals surface area contributed by atoms with E-state index in [0.717, 1.165) is 37.0 Å². The Balaban J connectivity index is 1.78. The highest BCUT2D eigenvalue weighted by Crippen LogP contribution is 2.29. The minimum Gasteiger partial charge on any atom is -0.391 e. The van der Waals surface area contributed by atoms with Gasteiger partial charge in [-0.3, -0.25) is 0 Å². The normalized spacial score (nSPS) is 23.7. The molecule has 0 aliphatic heterocycles. The largest absolute Gasteiger partial charge is 0.391 e. The molecule has 0 unspecified atom stereocenters. The monoisotopic (exact) mass is 256 g/mol. The lowest BCUT2D eigenvalue weighted by molar-refractivity contribution is 0.128. The molecule has 19 heavy (non-hydrogen) atoms. The first-order valence-electron chi connectivity index (χ1n) is 6.89. The molecule has 2 rings (SSSR count). The van der Waals surface area contributed by atoms with Crippen LogP contribution in [0.2, 0.25) is 0 Å². The van der Waals surface area contributed by atoms with Crippen LogP contribution in [0.25, 0.3) is 0 Å². The lowest BCUT2D eigenvalue weighted by Gasteiger charge is -2.24. The second kappa shape index (κ2) is 6.94. The quantitative estimate of drug-likeness (QED) is 0.605. The van der Waals surface area contributed by atoms with Crippen LogP contribution in [0.1, 0.15) is 38.2 Å². The van der Waals surface area contributed by atoms with E-state index in [2.05, 4.69) is 11.2 Å². The SMILES string of the molecule is C/C(=N\OCc1ccccc1)C1CCC(C#N)CC1. The molecule has 100 valence electrons. The zero-order valence-electron chi connectivity index (χ0n) is 11.4. The summed E-state index contributed by atoms with van der Waals surface area (Å²) >= 11 is 0. The van der Waals surface area contributed by atoms with Crippen LogP contribution in [-0.2, 0) is 11.4 Å². The fourth-order valence-electron chi connectivity index (χ4n) is 2.50. The van der Waals surface area contributed by atoms with Crippen LogP contribution in [0.5, 0.6) is 0 Å². The van der Waals surface area contributed by atoms with Crippen LogP contribution in [0, 0.1) is 23.2 Å². The lowest BCUT2D eigenvalue weighted by atomic mass is 9.81. The molecule has 3 heteroatoms. The Bertz CT molecular complexity index is 453. The average molecular weight is 256 g/mol. The predicted molar refractivity (Wildman–Crippen MR) is 75.4 cm³/mol. The van der Waals surface area contributed by atoms with E-state index in [4.69, 9.17) is 10.1 Å². The van der Waals surface area contributed by atoms with Gasteiger partial charge >= 0.3 is 0 Å². The first kappa shape index (κ1) is 13.6. The van der Waals surface area contributed by atoms with Gasteiger partial charge in [0.2, 0.25) is 0 Å². The second-order valence-electron chi connectivity index (χ2n) is 5.17. The van der Waals surface area contributed by atoms with Gasteiger partial charge in [-0.1, -0.05) is 35.5 Å². The Kier molecular flexibility index (Phi) is 4.97. The number of benzene rings is 1. The third kappa shape index (κ3) is 4.10. The van der Waals surface area contributed by atoms with Gasteiger partial charge in [-0.2, -0.15) is 5.26 Å². The van der Waals surface area contributed by atoms with Crippen molar-refractivity contribution in [3.63, 3.8) is 0 Å². The van der Waals surface area contributed by atoms with E-state index in [1.165, 1.54) is 0 Å². The van der Waals surface area contributed by atoms with Crippen LogP contribution in [0.3, 0.4) is 0 Å². The standard InChI is InChI=1S/C16H20N2O/c1-13(16-9-7-14(11-17)8-10-16)18-19-12-15-5-3-2-4-6-15/h2-6,14,16H,7-10,12H2,1H3/b18-13+. The first-order chi connectivity index (χ1) is 9.29. The number of hydrogen-bond acceptors (Lipinski definition) is 3. The van der Waals surface area contributed by atoms with Gasteiger partial charge in [0.1, 0.15) is 6.61 Å². The molecule has 0 amide bonds. The number of nitrogens with zero attached hydrogens (tertiary/aromatic N) is 2. The van der Waals surface area contributed by atoms with Crippen molar-refractivity contribution in [3.8, 4) is 6.07 Å². The molecule has 1 aromatic carbocycles. The predicted octanol–water partition coefficient (Wildman–Crippen LogP) is 3.91. The smallest absolute Gasteiger partial charge is 0.142 e. The molecule has 1 fully saturated rings. The Morgan fingerprint density at radius 3 is 2.58 bits per heavy atom. The summed E-state index contributed by atoms with van der Waals surface area (Å²) in [5, 5.41) is 13.1. The second-order valence-corrected chi connectivity index (χ2v) is 5.17. The molecule has 1 aliphatic carbocycles. The molecule has 0 atom stereocenters. The van der Waals surface area contributed by atoms with E-state index in [-0.39, 0.29) is 5.92 Å². The maximum Gasteiger partial charge on any atom is 0.142 e. The highest BCUT2D eigenvalue weighted by atomic mass is 16.6. The summed E-state index contributed by atoms with van der Waals surface area (Å²) in [5.74, 6) is 0.731. The fraction of sp³-hybridized carbons (Fsp3) is 0.500. The first-order valence-corrected chi connectivity index (χ1v) is 6.89. The molecule has 1 saturated carbocycles. The number of rotatable bonds is 4. The van der Waals surface area contributed by atoms with Gasteiger partial charge in [-0.25, -0.2) is 0 Å². The maximum atomic E-state index is 8.88. The summed E-state index contributed by atoms with van der Waals surface area (Å²) in [7, 11) is 0. The molecular weight excluding hydrogens is 236 g/mol. The van der Waals surface area contributed by atoms with E-state index in [1.54, 1.807) is 0 Å². The topological polar surface area (TPSA) is 45.4 Å². The Morgan fingerprint density at radius 1 is 1.26 bits per heavy atom. The highest BCUT2D eigenvalue weighted by Gasteiger charge is 2.22. The highest BCUT2D eigenvalue weighted by molar-refractivity contribution is 5.83. The fourth-order valence-corrected chi connectivity index (χ4v) is 2.50. The van der Waals surface area contributed by atoms with Crippen molar-refractivity contribution in [3.05, 3.63) is 35.9 Å². The zero-order valence-corrected chi connectivity index (χ0v) is 11.4. The average Bonchev–Trinajstić information content (AvgIpc) is 2.48. The third-order valence-corrected chi connectivity index (χ3v) is 3.78. The van der Waals surface area contributed by atoms with Crippen molar-refractivity contribution in [2.45, 2.75) is 39.2 Å². The summed E-state index contributed by atoms with van der Waals surface area (Å²) < 4.78 is 0. The molecule has 0 saturated heterocycles. The van der Waals surface area contributed by atoms with E-state index < -0.39 is 0 Å². The number of hydrogen-bond donors (Lipinski definition) is 0. The van der Waals surface area contributed by atoms with Crippen LogP contribution in [0.15, 0.2) is 35.5 Å². The minimum atomic E-state index is 0.245. The molecule has 0 spiro atoms. The van der Waals surface area contributed by atoms with E-state index in [1.807, 2.05) is 37.3 Å². The van der Waals surface area contributed by atoms with Crippen LogP contribution in [-0.4, -0.2) is 5.71 Å². The molecule has 3 nitrogen and oxygen atoms in total. The van der Waals surface area contributed by atoms with Crippen molar-refractivity contribution < 1.29 is 4.84 Å². The lowest BCUT2D eigenvalue weighted by Crippen LogP contribution is -2.19. The molecule has 1 aromatic rings. The van der Waals surface area contributed by atoms with Crippen LogP contribution >= 0.6 is 0 Å². The maximum absolute atomic E-state index is 8.88. The number of nitriles is 1. The van der Waals surface area contributed by atoms with Gasteiger partial charge in [-0.05, 0) is 38.2 Å². The van der Waals surface area contributed by atoms with Gasteiger partial charge in [0, 0.05) is 11.8 Å².